The number of nitrogens with zero attached hydrogens (tertiary/aromatic N) is 2. The minimum atomic E-state index is -3.53. The maximum Gasteiger partial charge on any atom is 0.246 e. The number of rotatable bonds is 3. The van der Waals surface area contributed by atoms with Crippen LogP contribution in [0.25, 0.3) is 0 Å². The fraction of sp³-hybridized carbons (Fsp3) is 0.562. The molecule has 1 amide bonds. The molecular formula is C16H23N3O4S. The molecule has 2 heterocycles. The summed E-state index contributed by atoms with van der Waals surface area (Å²) in [6, 6.07) is 4.60. The number of sulfonamides is 1. The van der Waals surface area contributed by atoms with Crippen molar-refractivity contribution >= 4 is 21.6 Å². The first-order valence-corrected chi connectivity index (χ1v) is 9.48. The summed E-state index contributed by atoms with van der Waals surface area (Å²) in [7, 11) is -0.535. The molecule has 1 fully saturated rings. The van der Waals surface area contributed by atoms with Crippen molar-refractivity contribution < 1.29 is 17.9 Å². The van der Waals surface area contributed by atoms with E-state index >= 15 is 0 Å². The largest absolute Gasteiger partial charge is 0.375 e. The van der Waals surface area contributed by atoms with E-state index in [1.807, 2.05) is 6.92 Å². The highest BCUT2D eigenvalue weighted by Crippen LogP contribution is 2.32. The van der Waals surface area contributed by atoms with Gasteiger partial charge in [0.05, 0.1) is 17.6 Å². The average Bonchev–Trinajstić information content (AvgIpc) is 2.97. The van der Waals surface area contributed by atoms with Crippen LogP contribution in [0.1, 0.15) is 12.5 Å². The Balaban J connectivity index is 1.92. The van der Waals surface area contributed by atoms with Crippen molar-refractivity contribution in [2.75, 3.05) is 38.7 Å². The van der Waals surface area contributed by atoms with Crippen molar-refractivity contribution in [1.29, 1.82) is 0 Å². The third-order valence-corrected chi connectivity index (χ3v) is 6.39. The van der Waals surface area contributed by atoms with Crippen LogP contribution in [0.5, 0.6) is 0 Å². The topological polar surface area (TPSA) is 79.0 Å². The van der Waals surface area contributed by atoms with Crippen molar-refractivity contribution in [3.05, 3.63) is 23.8 Å². The summed E-state index contributed by atoms with van der Waals surface area (Å²) in [5.74, 6) is -0.0691. The SMILES string of the molecule is C[C@H]1OCCN[C@@H]1C(=O)N1CCc2ccc(S(=O)(=O)N(C)C)cc21. The molecule has 2 aliphatic rings. The number of morpholine rings is 1. The van der Waals surface area contributed by atoms with Crippen LogP contribution < -0.4 is 10.2 Å². The van der Waals surface area contributed by atoms with Crippen LogP contribution in [0.2, 0.25) is 0 Å². The first kappa shape index (κ1) is 17.3. The highest BCUT2D eigenvalue weighted by Gasteiger charge is 2.35. The van der Waals surface area contributed by atoms with Crippen LogP contribution in [0, 0.1) is 0 Å². The van der Waals surface area contributed by atoms with Gasteiger partial charge in [-0.25, -0.2) is 12.7 Å². The smallest absolute Gasteiger partial charge is 0.246 e. The maximum absolute atomic E-state index is 12.9. The fourth-order valence-electron chi connectivity index (χ4n) is 3.14. The molecule has 0 radical (unpaired) electrons. The van der Waals surface area contributed by atoms with Crippen LogP contribution in [0.15, 0.2) is 23.1 Å². The Hall–Kier alpha value is -1.48. The molecule has 0 saturated carbocycles. The van der Waals surface area contributed by atoms with Gasteiger partial charge in [0, 0.05) is 32.9 Å². The lowest BCUT2D eigenvalue weighted by atomic mass is 10.1. The number of nitrogens with one attached hydrogen (secondary N) is 1. The van der Waals surface area contributed by atoms with Crippen LogP contribution in [-0.2, 0) is 26.0 Å². The Bertz CT molecular complexity index is 748. The van der Waals surface area contributed by atoms with Gasteiger partial charge in [0.25, 0.3) is 0 Å². The number of hydrogen-bond donors (Lipinski definition) is 1. The molecule has 24 heavy (non-hydrogen) atoms. The zero-order valence-electron chi connectivity index (χ0n) is 14.2. The number of anilines is 1. The Labute approximate surface area is 142 Å². The summed E-state index contributed by atoms with van der Waals surface area (Å²) in [5, 5.41) is 3.20. The molecule has 7 nitrogen and oxygen atoms in total. The van der Waals surface area contributed by atoms with Gasteiger partial charge in [0.15, 0.2) is 0 Å². The van der Waals surface area contributed by atoms with E-state index in [0.29, 0.717) is 25.4 Å². The summed E-state index contributed by atoms with van der Waals surface area (Å²) in [4.78, 5) is 14.8. The van der Waals surface area contributed by atoms with E-state index in [-0.39, 0.29) is 16.9 Å². The Kier molecular flexibility index (Phi) is 4.65. The number of fused-ring (bicyclic) bond motifs is 1. The standard InChI is InChI=1S/C16H23N3O4S/c1-11-15(17-7-9-23-11)16(20)19-8-6-12-4-5-13(10-14(12)19)24(21,22)18(2)3/h4-5,10-11,15,17H,6-9H2,1-3H3/t11-,15+/m1/s1. The van der Waals surface area contributed by atoms with Crippen molar-refractivity contribution in [1.82, 2.24) is 9.62 Å². The molecule has 0 unspecified atom stereocenters. The summed E-state index contributed by atoms with van der Waals surface area (Å²) in [6.07, 6.45) is 0.523. The van der Waals surface area contributed by atoms with E-state index in [4.69, 9.17) is 4.74 Å². The number of benzene rings is 1. The minimum Gasteiger partial charge on any atom is -0.375 e. The molecule has 1 N–H and O–H groups in total. The lowest BCUT2D eigenvalue weighted by Gasteiger charge is -2.32. The molecule has 132 valence electrons. The van der Waals surface area contributed by atoms with E-state index in [1.165, 1.54) is 18.4 Å². The third-order valence-electron chi connectivity index (χ3n) is 4.58. The Morgan fingerprint density at radius 1 is 1.38 bits per heavy atom. The molecule has 2 atom stereocenters. The van der Waals surface area contributed by atoms with E-state index < -0.39 is 16.1 Å². The van der Waals surface area contributed by atoms with E-state index in [1.54, 1.807) is 23.1 Å². The molecule has 0 aliphatic carbocycles. The molecule has 1 aromatic rings. The molecule has 0 aromatic heterocycles. The van der Waals surface area contributed by atoms with Gasteiger partial charge in [0.1, 0.15) is 6.04 Å². The zero-order chi connectivity index (χ0) is 17.5. The second-order valence-corrected chi connectivity index (χ2v) is 8.48. The normalized spacial score (nSPS) is 24.2. The summed E-state index contributed by atoms with van der Waals surface area (Å²) in [6.45, 7) is 3.66. The van der Waals surface area contributed by atoms with Crippen molar-refractivity contribution in [2.24, 2.45) is 0 Å². The molecule has 1 aromatic carbocycles. The molecule has 8 heteroatoms. The monoisotopic (exact) mass is 353 g/mol. The Morgan fingerprint density at radius 2 is 2.12 bits per heavy atom. The maximum atomic E-state index is 12.9. The summed E-state index contributed by atoms with van der Waals surface area (Å²) in [5.41, 5.74) is 1.67. The number of hydrogen-bond acceptors (Lipinski definition) is 5. The van der Waals surface area contributed by atoms with Crippen molar-refractivity contribution in [3.63, 3.8) is 0 Å². The number of amides is 1. The average molecular weight is 353 g/mol. The first-order valence-electron chi connectivity index (χ1n) is 8.04. The highest BCUT2D eigenvalue weighted by molar-refractivity contribution is 7.89. The van der Waals surface area contributed by atoms with Crippen LogP contribution in [-0.4, -0.2) is 64.6 Å². The lowest BCUT2D eigenvalue weighted by Crippen LogP contribution is -2.56. The van der Waals surface area contributed by atoms with E-state index in [0.717, 1.165) is 12.0 Å². The fourth-order valence-corrected chi connectivity index (χ4v) is 4.06. The summed E-state index contributed by atoms with van der Waals surface area (Å²) >= 11 is 0. The van der Waals surface area contributed by atoms with E-state index in [9.17, 15) is 13.2 Å². The predicted octanol–water partition coefficient (Wildman–Crippen LogP) is 0.203. The van der Waals surface area contributed by atoms with Crippen LogP contribution >= 0.6 is 0 Å². The molecule has 1 saturated heterocycles. The van der Waals surface area contributed by atoms with Crippen LogP contribution in [0.3, 0.4) is 0 Å². The number of ether oxygens (including phenoxy) is 1. The molecule has 2 aliphatic heterocycles. The van der Waals surface area contributed by atoms with Gasteiger partial charge in [-0.3, -0.25) is 4.79 Å². The summed E-state index contributed by atoms with van der Waals surface area (Å²) < 4.78 is 31.4. The molecule has 0 bridgehead atoms. The van der Waals surface area contributed by atoms with Gasteiger partial charge < -0.3 is 15.0 Å². The highest BCUT2D eigenvalue weighted by atomic mass is 32.2. The van der Waals surface area contributed by atoms with E-state index in [2.05, 4.69) is 5.32 Å². The van der Waals surface area contributed by atoms with Gasteiger partial charge >= 0.3 is 0 Å². The van der Waals surface area contributed by atoms with Gasteiger partial charge in [-0.15, -0.1) is 0 Å². The molecule has 0 spiro atoms. The van der Waals surface area contributed by atoms with Gasteiger partial charge in [0.2, 0.25) is 15.9 Å². The number of carbonyl (C=O) groups excluding carboxylic acids is 1. The first-order chi connectivity index (χ1) is 11.3. The third kappa shape index (κ3) is 2.95. The second-order valence-electron chi connectivity index (χ2n) is 6.33. The quantitative estimate of drug-likeness (QED) is 0.840. The van der Waals surface area contributed by atoms with Crippen molar-refractivity contribution in [2.45, 2.75) is 30.4 Å². The lowest BCUT2D eigenvalue weighted by molar-refractivity contribution is -0.126. The minimum absolute atomic E-state index is 0.0691. The number of carbonyl (C=O) groups is 1. The van der Waals surface area contributed by atoms with Gasteiger partial charge in [-0.05, 0) is 31.0 Å². The second kappa shape index (κ2) is 6.44. The van der Waals surface area contributed by atoms with Crippen LogP contribution in [0.4, 0.5) is 5.69 Å². The van der Waals surface area contributed by atoms with Crippen molar-refractivity contribution in [3.8, 4) is 0 Å². The zero-order valence-corrected chi connectivity index (χ0v) is 15.0. The molecule has 3 rings (SSSR count). The van der Waals surface area contributed by atoms with Gasteiger partial charge in [-0.1, -0.05) is 6.07 Å². The predicted molar refractivity (Wildman–Crippen MR) is 90.6 cm³/mol. The molecular weight excluding hydrogens is 330 g/mol. The van der Waals surface area contributed by atoms with Gasteiger partial charge in [-0.2, -0.15) is 0 Å². The Morgan fingerprint density at radius 3 is 2.79 bits per heavy atom.